The Morgan fingerprint density at radius 2 is 1.52 bits per heavy atom. The van der Waals surface area contributed by atoms with Crippen molar-refractivity contribution in [2.24, 2.45) is 0 Å². The highest BCUT2D eigenvalue weighted by molar-refractivity contribution is 6.06. The number of carbonyl (C=O) groups excluding carboxylic acids is 1. The lowest BCUT2D eigenvalue weighted by Gasteiger charge is -2.35. The summed E-state index contributed by atoms with van der Waals surface area (Å²) in [5.74, 6) is 0.105. The van der Waals surface area contributed by atoms with Gasteiger partial charge in [-0.2, -0.15) is 0 Å². The highest BCUT2D eigenvalue weighted by Gasteiger charge is 2.23. The van der Waals surface area contributed by atoms with Gasteiger partial charge in [-0.05, 0) is 28.5 Å². The van der Waals surface area contributed by atoms with Crippen molar-refractivity contribution in [1.82, 2.24) is 14.8 Å². The third-order valence-corrected chi connectivity index (χ3v) is 5.81. The quantitative estimate of drug-likeness (QED) is 0.529. The number of hydrogen-bond donors (Lipinski definition) is 0. The average molecular weight is 381 g/mol. The van der Waals surface area contributed by atoms with Gasteiger partial charge < -0.3 is 4.90 Å². The lowest BCUT2D eigenvalue weighted by atomic mass is 10.0. The van der Waals surface area contributed by atoms with Crippen LogP contribution in [0.1, 0.15) is 15.9 Å². The molecule has 5 rings (SSSR count). The number of amides is 1. The monoisotopic (exact) mass is 381 g/mol. The maximum atomic E-state index is 13.1. The topological polar surface area (TPSA) is 36.4 Å². The van der Waals surface area contributed by atoms with Crippen molar-refractivity contribution >= 4 is 27.6 Å². The number of rotatable bonds is 3. The van der Waals surface area contributed by atoms with Gasteiger partial charge in [-0.25, -0.2) is 0 Å². The largest absolute Gasteiger partial charge is 0.336 e. The number of piperazine rings is 1. The van der Waals surface area contributed by atoms with Crippen LogP contribution in [0, 0.1) is 0 Å². The zero-order valence-electron chi connectivity index (χ0n) is 16.3. The molecule has 29 heavy (non-hydrogen) atoms. The van der Waals surface area contributed by atoms with Crippen LogP contribution in [0.15, 0.2) is 79.0 Å². The van der Waals surface area contributed by atoms with E-state index >= 15 is 0 Å². The standard InChI is InChI=1S/C25H23N3O/c29-25(23-12-13-26-24-11-4-3-10-22(23)24)28-16-14-27(15-17-28)18-20-8-5-7-19-6-1-2-9-21(19)20/h1-13H,14-18H2. The summed E-state index contributed by atoms with van der Waals surface area (Å²) in [6.45, 7) is 4.19. The van der Waals surface area contributed by atoms with E-state index in [0.717, 1.165) is 49.2 Å². The van der Waals surface area contributed by atoms with E-state index in [0.29, 0.717) is 0 Å². The van der Waals surface area contributed by atoms with Gasteiger partial charge in [0.15, 0.2) is 0 Å². The molecular weight excluding hydrogens is 358 g/mol. The van der Waals surface area contributed by atoms with Crippen molar-refractivity contribution in [2.75, 3.05) is 26.2 Å². The fraction of sp³-hybridized carbons (Fsp3) is 0.200. The van der Waals surface area contributed by atoms with E-state index in [-0.39, 0.29) is 5.91 Å². The SMILES string of the molecule is O=C(c1ccnc2ccccc12)N1CCN(Cc2cccc3ccccc23)CC1. The Morgan fingerprint density at radius 3 is 2.38 bits per heavy atom. The summed E-state index contributed by atoms with van der Waals surface area (Å²) in [5.41, 5.74) is 2.97. The second kappa shape index (κ2) is 7.64. The zero-order valence-corrected chi connectivity index (χ0v) is 16.3. The molecule has 0 unspecified atom stereocenters. The van der Waals surface area contributed by atoms with Crippen LogP contribution in [-0.4, -0.2) is 46.9 Å². The third-order valence-electron chi connectivity index (χ3n) is 5.81. The van der Waals surface area contributed by atoms with Gasteiger partial charge in [-0.3, -0.25) is 14.7 Å². The maximum absolute atomic E-state index is 13.1. The van der Waals surface area contributed by atoms with Crippen LogP contribution >= 0.6 is 0 Å². The van der Waals surface area contributed by atoms with E-state index < -0.39 is 0 Å². The minimum atomic E-state index is 0.105. The van der Waals surface area contributed by atoms with Crippen molar-refractivity contribution in [3.05, 3.63) is 90.1 Å². The second-order valence-corrected chi connectivity index (χ2v) is 7.58. The molecule has 0 radical (unpaired) electrons. The molecule has 0 aliphatic carbocycles. The smallest absolute Gasteiger partial charge is 0.254 e. The van der Waals surface area contributed by atoms with E-state index in [2.05, 4.69) is 52.3 Å². The predicted molar refractivity (Wildman–Crippen MR) is 117 cm³/mol. The normalized spacial score (nSPS) is 15.1. The Hall–Kier alpha value is -3.24. The molecule has 0 spiro atoms. The zero-order chi connectivity index (χ0) is 19.6. The number of benzene rings is 3. The Kier molecular flexibility index (Phi) is 4.70. The highest BCUT2D eigenvalue weighted by Crippen LogP contribution is 2.22. The first-order valence-corrected chi connectivity index (χ1v) is 10.1. The van der Waals surface area contributed by atoms with Gasteiger partial charge in [0.1, 0.15) is 0 Å². The number of pyridine rings is 1. The molecule has 144 valence electrons. The molecule has 4 heteroatoms. The summed E-state index contributed by atoms with van der Waals surface area (Å²) in [5, 5.41) is 3.53. The highest BCUT2D eigenvalue weighted by atomic mass is 16.2. The minimum absolute atomic E-state index is 0.105. The molecule has 4 aromatic rings. The van der Waals surface area contributed by atoms with E-state index in [4.69, 9.17) is 0 Å². The molecule has 3 aromatic carbocycles. The molecule has 0 N–H and O–H groups in total. The number of para-hydroxylation sites is 1. The number of aromatic nitrogens is 1. The molecule has 1 aliphatic rings. The number of fused-ring (bicyclic) bond motifs is 2. The summed E-state index contributed by atoms with van der Waals surface area (Å²) in [6, 6.07) is 24.7. The van der Waals surface area contributed by atoms with Gasteiger partial charge in [0.05, 0.1) is 11.1 Å². The van der Waals surface area contributed by atoms with E-state index in [1.807, 2.05) is 35.2 Å². The van der Waals surface area contributed by atoms with Crippen molar-refractivity contribution in [2.45, 2.75) is 6.54 Å². The molecule has 1 fully saturated rings. The third kappa shape index (κ3) is 3.47. The lowest BCUT2D eigenvalue weighted by molar-refractivity contribution is 0.0631. The van der Waals surface area contributed by atoms with E-state index in [1.165, 1.54) is 16.3 Å². The van der Waals surface area contributed by atoms with E-state index in [1.54, 1.807) is 6.20 Å². The maximum Gasteiger partial charge on any atom is 0.254 e. The molecule has 0 bridgehead atoms. The van der Waals surface area contributed by atoms with Crippen LogP contribution in [0.5, 0.6) is 0 Å². The van der Waals surface area contributed by atoms with Crippen LogP contribution in [-0.2, 0) is 6.54 Å². The number of hydrogen-bond acceptors (Lipinski definition) is 3. The molecule has 4 nitrogen and oxygen atoms in total. The average Bonchev–Trinajstić information content (AvgIpc) is 2.79. The van der Waals surface area contributed by atoms with Crippen LogP contribution < -0.4 is 0 Å². The van der Waals surface area contributed by atoms with Crippen LogP contribution in [0.3, 0.4) is 0 Å². The Bertz CT molecular complexity index is 1170. The summed E-state index contributed by atoms with van der Waals surface area (Å²) in [4.78, 5) is 21.9. The van der Waals surface area contributed by atoms with Crippen LogP contribution in [0.4, 0.5) is 0 Å². The van der Waals surface area contributed by atoms with Gasteiger partial charge in [0.2, 0.25) is 0 Å². The first-order valence-electron chi connectivity index (χ1n) is 10.1. The van der Waals surface area contributed by atoms with Crippen LogP contribution in [0.25, 0.3) is 21.7 Å². The molecule has 1 amide bonds. The molecule has 0 atom stereocenters. The summed E-state index contributed by atoms with van der Waals surface area (Å²) < 4.78 is 0. The first-order chi connectivity index (χ1) is 14.3. The predicted octanol–water partition coefficient (Wildman–Crippen LogP) is 4.35. The molecular formula is C25H23N3O. The van der Waals surface area contributed by atoms with Crippen molar-refractivity contribution in [1.29, 1.82) is 0 Å². The lowest BCUT2D eigenvalue weighted by Crippen LogP contribution is -2.48. The molecule has 1 saturated heterocycles. The van der Waals surface area contributed by atoms with Crippen molar-refractivity contribution in [3.8, 4) is 0 Å². The van der Waals surface area contributed by atoms with Crippen molar-refractivity contribution in [3.63, 3.8) is 0 Å². The Labute approximate surface area is 170 Å². The van der Waals surface area contributed by atoms with Gasteiger partial charge in [-0.1, -0.05) is 60.7 Å². The van der Waals surface area contributed by atoms with Gasteiger partial charge >= 0.3 is 0 Å². The van der Waals surface area contributed by atoms with Gasteiger partial charge in [0, 0.05) is 44.3 Å². The van der Waals surface area contributed by atoms with Gasteiger partial charge in [0.25, 0.3) is 5.91 Å². The number of nitrogens with zero attached hydrogens (tertiary/aromatic N) is 3. The Morgan fingerprint density at radius 1 is 0.793 bits per heavy atom. The molecule has 1 aromatic heterocycles. The second-order valence-electron chi connectivity index (χ2n) is 7.58. The van der Waals surface area contributed by atoms with Gasteiger partial charge in [-0.15, -0.1) is 0 Å². The molecule has 1 aliphatic heterocycles. The summed E-state index contributed by atoms with van der Waals surface area (Å²) in [7, 11) is 0. The Balaban J connectivity index is 1.29. The summed E-state index contributed by atoms with van der Waals surface area (Å²) >= 11 is 0. The number of carbonyl (C=O) groups is 1. The molecule has 0 saturated carbocycles. The fourth-order valence-corrected chi connectivity index (χ4v) is 4.23. The first kappa shape index (κ1) is 17.8. The minimum Gasteiger partial charge on any atom is -0.336 e. The van der Waals surface area contributed by atoms with Crippen LogP contribution in [0.2, 0.25) is 0 Å². The van der Waals surface area contributed by atoms with Crippen molar-refractivity contribution < 1.29 is 4.79 Å². The molecule has 2 heterocycles. The summed E-state index contributed by atoms with van der Waals surface area (Å²) in [6.07, 6.45) is 1.73. The fourth-order valence-electron chi connectivity index (χ4n) is 4.23. The van der Waals surface area contributed by atoms with E-state index in [9.17, 15) is 4.79 Å².